The molecule has 0 aromatic heterocycles. The molecule has 2 N–H and O–H groups in total. The molecular formula is C11H12BrNO2. The third-order valence-corrected chi connectivity index (χ3v) is 3.44. The summed E-state index contributed by atoms with van der Waals surface area (Å²) in [6.45, 7) is 0. The van der Waals surface area contributed by atoms with Gasteiger partial charge in [0.1, 0.15) is 0 Å². The molecule has 1 aromatic carbocycles. The standard InChI is InChI=1S/C11H12BrNO2/c1-15-11(14)9-7-4-2-3-6(7)5-8(12)10(9)13/h5H,2-4,13H2,1H3. The second kappa shape index (κ2) is 3.85. The summed E-state index contributed by atoms with van der Waals surface area (Å²) in [6, 6.07) is 2.00. The number of nitrogen functional groups attached to an aromatic ring is 1. The summed E-state index contributed by atoms with van der Waals surface area (Å²) >= 11 is 3.36. The number of anilines is 1. The van der Waals surface area contributed by atoms with Crippen molar-refractivity contribution >= 4 is 27.6 Å². The average Bonchev–Trinajstić information content (AvgIpc) is 2.66. The molecule has 1 aliphatic carbocycles. The number of methoxy groups -OCH3 is 1. The van der Waals surface area contributed by atoms with Gasteiger partial charge >= 0.3 is 5.97 Å². The van der Waals surface area contributed by atoms with Crippen molar-refractivity contribution in [2.24, 2.45) is 0 Å². The van der Waals surface area contributed by atoms with E-state index in [2.05, 4.69) is 15.9 Å². The molecule has 0 atom stereocenters. The normalized spacial score (nSPS) is 13.7. The first-order valence-electron chi connectivity index (χ1n) is 4.83. The fourth-order valence-electron chi connectivity index (χ4n) is 2.06. The van der Waals surface area contributed by atoms with Gasteiger partial charge in [-0.05, 0) is 52.4 Å². The van der Waals surface area contributed by atoms with Crippen LogP contribution >= 0.6 is 15.9 Å². The van der Waals surface area contributed by atoms with Gasteiger partial charge in [-0.2, -0.15) is 0 Å². The predicted molar refractivity (Wildman–Crippen MR) is 61.9 cm³/mol. The number of esters is 1. The number of halogens is 1. The summed E-state index contributed by atoms with van der Waals surface area (Å²) in [7, 11) is 1.38. The van der Waals surface area contributed by atoms with Gasteiger partial charge in [0.15, 0.2) is 0 Å². The quantitative estimate of drug-likeness (QED) is 0.629. The van der Waals surface area contributed by atoms with Crippen LogP contribution in [0, 0.1) is 0 Å². The number of aryl methyl sites for hydroxylation is 1. The van der Waals surface area contributed by atoms with Crippen molar-refractivity contribution in [3.8, 4) is 0 Å². The molecule has 4 heteroatoms. The van der Waals surface area contributed by atoms with Crippen LogP contribution in [0.5, 0.6) is 0 Å². The summed E-state index contributed by atoms with van der Waals surface area (Å²) in [5, 5.41) is 0. The highest BCUT2D eigenvalue weighted by molar-refractivity contribution is 9.10. The van der Waals surface area contributed by atoms with Crippen LogP contribution in [0.3, 0.4) is 0 Å². The Bertz CT molecular complexity index is 429. The van der Waals surface area contributed by atoms with Crippen LogP contribution in [0.25, 0.3) is 0 Å². The molecule has 1 aliphatic rings. The molecule has 0 aliphatic heterocycles. The second-order valence-electron chi connectivity index (χ2n) is 3.63. The molecule has 3 nitrogen and oxygen atoms in total. The van der Waals surface area contributed by atoms with Gasteiger partial charge in [-0.15, -0.1) is 0 Å². The summed E-state index contributed by atoms with van der Waals surface area (Å²) in [5.74, 6) is -0.341. The van der Waals surface area contributed by atoms with Crippen LogP contribution in [0.1, 0.15) is 27.9 Å². The van der Waals surface area contributed by atoms with Gasteiger partial charge in [-0.3, -0.25) is 0 Å². The van der Waals surface area contributed by atoms with E-state index in [1.807, 2.05) is 6.07 Å². The number of ether oxygens (including phenoxy) is 1. The molecule has 1 aromatic rings. The van der Waals surface area contributed by atoms with Crippen molar-refractivity contribution in [1.29, 1.82) is 0 Å². The number of benzene rings is 1. The summed E-state index contributed by atoms with van der Waals surface area (Å²) in [4.78, 5) is 11.6. The van der Waals surface area contributed by atoms with Gasteiger partial charge < -0.3 is 10.5 Å². The highest BCUT2D eigenvalue weighted by Gasteiger charge is 2.24. The van der Waals surface area contributed by atoms with Gasteiger partial charge in [-0.1, -0.05) is 0 Å². The molecule has 0 amide bonds. The van der Waals surface area contributed by atoms with E-state index in [4.69, 9.17) is 10.5 Å². The molecular weight excluding hydrogens is 258 g/mol. The minimum Gasteiger partial charge on any atom is -0.465 e. The Hall–Kier alpha value is -1.03. The van der Waals surface area contributed by atoms with Crippen LogP contribution in [-0.4, -0.2) is 13.1 Å². The molecule has 0 spiro atoms. The first-order valence-corrected chi connectivity index (χ1v) is 5.62. The fraction of sp³-hybridized carbons (Fsp3) is 0.364. The van der Waals surface area contributed by atoms with E-state index in [1.165, 1.54) is 12.7 Å². The maximum atomic E-state index is 11.6. The van der Waals surface area contributed by atoms with E-state index < -0.39 is 0 Å². The van der Waals surface area contributed by atoms with Crippen molar-refractivity contribution in [2.75, 3.05) is 12.8 Å². The van der Waals surface area contributed by atoms with Crippen LogP contribution in [-0.2, 0) is 17.6 Å². The Morgan fingerprint density at radius 1 is 1.53 bits per heavy atom. The van der Waals surface area contributed by atoms with E-state index in [1.54, 1.807) is 0 Å². The number of carbonyl (C=O) groups is 1. The zero-order chi connectivity index (χ0) is 11.0. The molecule has 0 saturated heterocycles. The van der Waals surface area contributed by atoms with Gasteiger partial charge in [0.2, 0.25) is 0 Å². The fourth-order valence-corrected chi connectivity index (χ4v) is 2.53. The Morgan fingerprint density at radius 2 is 2.27 bits per heavy atom. The first-order chi connectivity index (χ1) is 7.15. The number of hydrogen-bond acceptors (Lipinski definition) is 3. The summed E-state index contributed by atoms with van der Waals surface area (Å²) < 4.78 is 5.54. The minimum absolute atomic E-state index is 0.341. The maximum absolute atomic E-state index is 11.6. The van der Waals surface area contributed by atoms with Gasteiger partial charge in [0.05, 0.1) is 18.4 Å². The second-order valence-corrected chi connectivity index (χ2v) is 4.48. The lowest BCUT2D eigenvalue weighted by Gasteiger charge is -2.11. The minimum atomic E-state index is -0.341. The molecule has 0 fully saturated rings. The van der Waals surface area contributed by atoms with Gasteiger partial charge in [0.25, 0.3) is 0 Å². The Balaban J connectivity index is 2.65. The molecule has 15 heavy (non-hydrogen) atoms. The number of nitrogens with two attached hydrogens (primary N) is 1. The summed E-state index contributed by atoms with van der Waals surface area (Å²) in [5.41, 5.74) is 9.18. The highest BCUT2D eigenvalue weighted by Crippen LogP contribution is 2.35. The van der Waals surface area contributed by atoms with Gasteiger partial charge in [0, 0.05) is 4.47 Å². The number of hydrogen-bond donors (Lipinski definition) is 1. The molecule has 80 valence electrons. The third kappa shape index (κ3) is 1.63. The van der Waals surface area contributed by atoms with E-state index >= 15 is 0 Å². The largest absolute Gasteiger partial charge is 0.465 e. The summed E-state index contributed by atoms with van der Waals surface area (Å²) in [6.07, 6.45) is 3.00. The molecule has 0 unspecified atom stereocenters. The van der Waals surface area contributed by atoms with Crippen LogP contribution in [0.4, 0.5) is 5.69 Å². The Kier molecular flexibility index (Phi) is 2.69. The van der Waals surface area contributed by atoms with Crippen LogP contribution in [0.2, 0.25) is 0 Å². The van der Waals surface area contributed by atoms with Crippen LogP contribution < -0.4 is 5.73 Å². The molecule has 0 bridgehead atoms. The smallest absolute Gasteiger partial charge is 0.340 e. The predicted octanol–water partition coefficient (Wildman–Crippen LogP) is 2.31. The van der Waals surface area contributed by atoms with Crippen molar-refractivity contribution in [1.82, 2.24) is 0 Å². The van der Waals surface area contributed by atoms with E-state index in [0.717, 1.165) is 29.3 Å². The molecule has 0 radical (unpaired) electrons. The van der Waals surface area contributed by atoms with E-state index in [0.29, 0.717) is 11.3 Å². The lowest BCUT2D eigenvalue weighted by Crippen LogP contribution is -2.10. The third-order valence-electron chi connectivity index (χ3n) is 2.78. The molecule has 2 rings (SSSR count). The lowest BCUT2D eigenvalue weighted by atomic mass is 10.0. The topological polar surface area (TPSA) is 52.3 Å². The lowest BCUT2D eigenvalue weighted by molar-refractivity contribution is 0.0600. The van der Waals surface area contributed by atoms with Crippen LogP contribution in [0.15, 0.2) is 10.5 Å². The SMILES string of the molecule is COC(=O)c1c(N)c(Br)cc2c1CCC2. The van der Waals surface area contributed by atoms with E-state index in [9.17, 15) is 4.79 Å². The number of carbonyl (C=O) groups excluding carboxylic acids is 1. The van der Waals surface area contributed by atoms with E-state index in [-0.39, 0.29) is 5.97 Å². The van der Waals surface area contributed by atoms with Crippen molar-refractivity contribution in [3.63, 3.8) is 0 Å². The Morgan fingerprint density at radius 3 is 2.93 bits per heavy atom. The number of rotatable bonds is 1. The monoisotopic (exact) mass is 269 g/mol. The van der Waals surface area contributed by atoms with Crippen molar-refractivity contribution in [2.45, 2.75) is 19.3 Å². The Labute approximate surface area is 96.7 Å². The average molecular weight is 270 g/mol. The number of fused-ring (bicyclic) bond motifs is 1. The molecule has 0 saturated carbocycles. The van der Waals surface area contributed by atoms with Crippen molar-refractivity contribution < 1.29 is 9.53 Å². The molecule has 0 heterocycles. The zero-order valence-corrected chi connectivity index (χ0v) is 10.1. The highest BCUT2D eigenvalue weighted by atomic mass is 79.9. The maximum Gasteiger partial charge on any atom is 0.340 e. The van der Waals surface area contributed by atoms with Gasteiger partial charge in [-0.25, -0.2) is 4.79 Å². The van der Waals surface area contributed by atoms with Crippen molar-refractivity contribution in [3.05, 3.63) is 27.2 Å². The zero-order valence-electron chi connectivity index (χ0n) is 8.47. The first kappa shape index (κ1) is 10.5.